The molecular weight excluding hydrogens is 347 g/mol. The van der Waals surface area contributed by atoms with Gasteiger partial charge >= 0.3 is 0 Å². The third-order valence-electron chi connectivity index (χ3n) is 3.17. The van der Waals surface area contributed by atoms with Gasteiger partial charge in [0.25, 0.3) is 0 Å². The number of rotatable bonds is 7. The molecule has 1 fully saturated rings. The lowest BCUT2D eigenvalue weighted by molar-refractivity contribution is -0.122. The van der Waals surface area contributed by atoms with Crippen molar-refractivity contribution in [2.24, 2.45) is 0 Å². The summed E-state index contributed by atoms with van der Waals surface area (Å²) in [6.45, 7) is 4.91. The number of nitrogens with zero attached hydrogens (tertiary/aromatic N) is 1. The maximum Gasteiger partial charge on any atom is 0.221 e. The molecule has 0 bridgehead atoms. The molecule has 6 nitrogen and oxygen atoms in total. The highest BCUT2D eigenvalue weighted by Crippen LogP contribution is 2.11. The lowest BCUT2D eigenvalue weighted by atomic mass is 10.2. The quantitative estimate of drug-likeness (QED) is 0.630. The fourth-order valence-electron chi connectivity index (χ4n) is 2.01. The predicted molar refractivity (Wildman–Crippen MR) is 94.2 cm³/mol. The molecule has 22 heavy (non-hydrogen) atoms. The molecule has 9 heteroatoms. The number of hydrogen-bond acceptors (Lipinski definition) is 5. The van der Waals surface area contributed by atoms with Crippen LogP contribution in [0, 0.1) is 6.92 Å². The average Bonchev–Trinajstić information content (AvgIpc) is 2.85. The standard InChI is InChI=1S/C13H22N4O2S.2ClH/c1-10-12(17-9-16-10)8-20-5-3-15-13(18)6-11-7-19-4-2-14-11;;/h9,11,14H,2-8H2,1H3,(H,15,18)(H,16,17);2*1H. The van der Waals surface area contributed by atoms with Crippen LogP contribution in [0.3, 0.4) is 0 Å². The summed E-state index contributed by atoms with van der Waals surface area (Å²) in [5.74, 6) is 1.86. The molecule has 1 amide bonds. The summed E-state index contributed by atoms with van der Waals surface area (Å²) in [6.07, 6.45) is 2.20. The van der Waals surface area contributed by atoms with E-state index in [4.69, 9.17) is 4.74 Å². The van der Waals surface area contributed by atoms with Crippen molar-refractivity contribution in [1.82, 2.24) is 20.6 Å². The van der Waals surface area contributed by atoms with E-state index in [-0.39, 0.29) is 36.8 Å². The van der Waals surface area contributed by atoms with Gasteiger partial charge in [0.15, 0.2) is 0 Å². The molecule has 128 valence electrons. The fraction of sp³-hybridized carbons (Fsp3) is 0.692. The van der Waals surface area contributed by atoms with Crippen molar-refractivity contribution in [3.8, 4) is 0 Å². The van der Waals surface area contributed by atoms with Gasteiger partial charge < -0.3 is 20.4 Å². The minimum Gasteiger partial charge on any atom is -0.378 e. The van der Waals surface area contributed by atoms with Crippen molar-refractivity contribution >= 4 is 42.5 Å². The van der Waals surface area contributed by atoms with Crippen LogP contribution >= 0.6 is 36.6 Å². The first-order valence-corrected chi connectivity index (χ1v) is 8.05. The van der Waals surface area contributed by atoms with E-state index in [1.165, 1.54) is 0 Å². The molecule has 1 aliphatic heterocycles. The number of halogens is 2. The number of carbonyl (C=O) groups is 1. The summed E-state index contributed by atoms with van der Waals surface area (Å²) in [5, 5.41) is 6.21. The first kappa shape index (κ1) is 21.5. The zero-order valence-electron chi connectivity index (χ0n) is 12.6. The monoisotopic (exact) mass is 370 g/mol. The van der Waals surface area contributed by atoms with Gasteiger partial charge in [-0.2, -0.15) is 11.8 Å². The molecule has 1 unspecified atom stereocenters. The number of aromatic nitrogens is 2. The summed E-state index contributed by atoms with van der Waals surface area (Å²) < 4.78 is 5.32. The fourth-order valence-corrected chi connectivity index (χ4v) is 2.89. The van der Waals surface area contributed by atoms with E-state index in [9.17, 15) is 4.79 Å². The van der Waals surface area contributed by atoms with Crippen molar-refractivity contribution in [3.63, 3.8) is 0 Å². The normalized spacial score (nSPS) is 17.2. The molecule has 0 radical (unpaired) electrons. The van der Waals surface area contributed by atoms with Gasteiger partial charge in [0.2, 0.25) is 5.91 Å². The molecule has 1 aromatic heterocycles. The minimum absolute atomic E-state index is 0. The highest BCUT2D eigenvalue weighted by Gasteiger charge is 2.16. The van der Waals surface area contributed by atoms with E-state index in [1.54, 1.807) is 18.1 Å². The van der Waals surface area contributed by atoms with Crippen molar-refractivity contribution in [3.05, 3.63) is 17.7 Å². The maximum absolute atomic E-state index is 11.7. The zero-order valence-corrected chi connectivity index (χ0v) is 15.0. The molecule has 2 heterocycles. The van der Waals surface area contributed by atoms with Gasteiger partial charge in [0.05, 0.1) is 25.2 Å². The third kappa shape index (κ3) is 7.69. The Labute approximate surface area is 147 Å². The molecule has 0 aliphatic carbocycles. The number of amides is 1. The SMILES string of the molecule is Cc1[nH]cnc1CSCCNC(=O)CC1COCCN1.Cl.Cl. The molecule has 2 rings (SSSR count). The Morgan fingerprint density at radius 3 is 3.00 bits per heavy atom. The number of morpholine rings is 1. The Balaban J connectivity index is 0.00000220. The Morgan fingerprint density at radius 2 is 2.36 bits per heavy atom. The van der Waals surface area contributed by atoms with E-state index >= 15 is 0 Å². The highest BCUT2D eigenvalue weighted by molar-refractivity contribution is 7.98. The summed E-state index contributed by atoms with van der Waals surface area (Å²) in [7, 11) is 0. The Morgan fingerprint density at radius 1 is 1.55 bits per heavy atom. The number of hydrogen-bond donors (Lipinski definition) is 3. The largest absolute Gasteiger partial charge is 0.378 e. The van der Waals surface area contributed by atoms with Crippen LogP contribution < -0.4 is 10.6 Å². The summed E-state index contributed by atoms with van der Waals surface area (Å²) in [5.41, 5.74) is 2.20. The van der Waals surface area contributed by atoms with Crippen LogP contribution in [0.2, 0.25) is 0 Å². The third-order valence-corrected chi connectivity index (χ3v) is 4.14. The van der Waals surface area contributed by atoms with Crippen LogP contribution in [0.5, 0.6) is 0 Å². The van der Waals surface area contributed by atoms with Gasteiger partial charge in [0.1, 0.15) is 0 Å². The number of thioether (sulfide) groups is 1. The number of aromatic amines is 1. The number of nitrogens with one attached hydrogen (secondary N) is 3. The van der Waals surface area contributed by atoms with E-state index in [2.05, 4.69) is 20.6 Å². The molecule has 0 spiro atoms. The second-order valence-corrected chi connectivity index (χ2v) is 5.91. The van der Waals surface area contributed by atoms with E-state index in [0.29, 0.717) is 19.6 Å². The van der Waals surface area contributed by atoms with E-state index in [1.807, 2.05) is 6.92 Å². The van der Waals surface area contributed by atoms with Gasteiger partial charge in [-0.3, -0.25) is 4.79 Å². The van der Waals surface area contributed by atoms with Crippen molar-refractivity contribution in [2.45, 2.75) is 25.1 Å². The average molecular weight is 371 g/mol. The smallest absolute Gasteiger partial charge is 0.221 e. The molecule has 1 aromatic rings. The van der Waals surface area contributed by atoms with Crippen LogP contribution in [-0.2, 0) is 15.3 Å². The van der Waals surface area contributed by atoms with Gasteiger partial charge in [-0.15, -0.1) is 24.8 Å². The van der Waals surface area contributed by atoms with Gasteiger partial charge in [-0.25, -0.2) is 4.98 Å². The van der Waals surface area contributed by atoms with Crippen molar-refractivity contribution in [1.29, 1.82) is 0 Å². The molecular formula is C13H24Cl2N4O2S. The van der Waals surface area contributed by atoms with Crippen molar-refractivity contribution in [2.75, 3.05) is 32.1 Å². The van der Waals surface area contributed by atoms with E-state index in [0.717, 1.165) is 36.0 Å². The molecule has 3 N–H and O–H groups in total. The molecule has 1 atom stereocenters. The van der Waals surface area contributed by atoms with E-state index < -0.39 is 0 Å². The first-order chi connectivity index (χ1) is 9.75. The van der Waals surface area contributed by atoms with Crippen LogP contribution in [0.25, 0.3) is 0 Å². The Kier molecular flexibility index (Phi) is 11.8. The number of carbonyl (C=O) groups excluding carboxylic acids is 1. The molecule has 1 saturated heterocycles. The van der Waals surface area contributed by atoms with Crippen LogP contribution in [0.15, 0.2) is 6.33 Å². The summed E-state index contributed by atoms with van der Waals surface area (Å²) >= 11 is 1.78. The Hall–Kier alpha value is -0.470. The first-order valence-electron chi connectivity index (χ1n) is 6.90. The number of imidazole rings is 1. The lowest BCUT2D eigenvalue weighted by Gasteiger charge is -2.23. The molecule has 0 saturated carbocycles. The maximum atomic E-state index is 11.7. The zero-order chi connectivity index (χ0) is 14.2. The van der Waals surface area contributed by atoms with Gasteiger partial charge in [-0.05, 0) is 6.92 Å². The second kappa shape index (κ2) is 12.0. The number of aryl methyl sites for hydroxylation is 1. The summed E-state index contributed by atoms with van der Waals surface area (Å²) in [6, 6.07) is 0.156. The molecule has 0 aromatic carbocycles. The summed E-state index contributed by atoms with van der Waals surface area (Å²) in [4.78, 5) is 19.0. The lowest BCUT2D eigenvalue weighted by Crippen LogP contribution is -2.44. The van der Waals surface area contributed by atoms with Crippen LogP contribution in [0.1, 0.15) is 17.8 Å². The van der Waals surface area contributed by atoms with Crippen LogP contribution in [-0.4, -0.2) is 54.0 Å². The minimum atomic E-state index is 0. The van der Waals surface area contributed by atoms with Gasteiger partial charge in [0, 0.05) is 42.8 Å². The second-order valence-electron chi connectivity index (χ2n) is 4.81. The highest BCUT2D eigenvalue weighted by atomic mass is 35.5. The predicted octanol–water partition coefficient (Wildman–Crippen LogP) is 1.29. The number of H-pyrrole nitrogens is 1. The topological polar surface area (TPSA) is 79.0 Å². The van der Waals surface area contributed by atoms with Crippen LogP contribution in [0.4, 0.5) is 0 Å². The number of ether oxygens (including phenoxy) is 1. The van der Waals surface area contributed by atoms with Gasteiger partial charge in [-0.1, -0.05) is 0 Å². The Bertz CT molecular complexity index is 428. The molecule has 1 aliphatic rings. The van der Waals surface area contributed by atoms with Crippen molar-refractivity contribution < 1.29 is 9.53 Å².